The minimum atomic E-state index is 0.118. The van der Waals surface area contributed by atoms with Gasteiger partial charge < -0.3 is 14.6 Å². The maximum Gasteiger partial charge on any atom is 0.245 e. The molecule has 0 aromatic carbocycles. The molecule has 3 aromatic rings. The number of pyridine rings is 1. The van der Waals surface area contributed by atoms with E-state index in [1.165, 1.54) is 10.9 Å². The third-order valence-corrected chi connectivity index (χ3v) is 5.00. The topological polar surface area (TPSA) is 84.8 Å². The first-order chi connectivity index (χ1) is 12.3. The number of piperidine rings is 1. The van der Waals surface area contributed by atoms with E-state index < -0.39 is 0 Å². The fraction of sp³-hybridized carbons (Fsp3) is 0.529. The van der Waals surface area contributed by atoms with Gasteiger partial charge in [0.2, 0.25) is 5.95 Å². The lowest BCUT2D eigenvalue weighted by Crippen LogP contribution is -2.35. The minimum Gasteiger partial charge on any atom is -0.382 e. The van der Waals surface area contributed by atoms with E-state index in [2.05, 4.69) is 49.6 Å². The van der Waals surface area contributed by atoms with Crippen LogP contribution in [-0.4, -0.2) is 57.0 Å². The molecule has 132 valence electrons. The Balaban J connectivity index is 1.48. The Morgan fingerprint density at radius 3 is 3.00 bits per heavy atom. The molecule has 0 radical (unpaired) electrons. The van der Waals surface area contributed by atoms with E-state index in [0.29, 0.717) is 12.5 Å². The summed E-state index contributed by atoms with van der Waals surface area (Å²) in [6.07, 6.45) is 6.09. The van der Waals surface area contributed by atoms with Crippen molar-refractivity contribution in [1.82, 2.24) is 30.2 Å². The van der Waals surface area contributed by atoms with Gasteiger partial charge in [0.05, 0.1) is 12.6 Å². The second kappa shape index (κ2) is 6.79. The average molecular weight is 341 g/mol. The highest BCUT2D eigenvalue weighted by atomic mass is 16.5. The summed E-state index contributed by atoms with van der Waals surface area (Å²) in [7, 11) is 1.70. The molecular formula is C17H23N7O. The molecule has 8 nitrogen and oxygen atoms in total. The molecule has 0 aliphatic carbocycles. The van der Waals surface area contributed by atoms with Crippen molar-refractivity contribution in [3.63, 3.8) is 0 Å². The zero-order chi connectivity index (χ0) is 17.2. The fourth-order valence-corrected chi connectivity index (χ4v) is 3.70. The molecule has 0 bridgehead atoms. The van der Waals surface area contributed by atoms with Gasteiger partial charge in [0.25, 0.3) is 0 Å². The largest absolute Gasteiger partial charge is 0.382 e. The molecule has 0 spiro atoms. The average Bonchev–Trinajstić information content (AvgIpc) is 3.29. The van der Waals surface area contributed by atoms with Crippen LogP contribution in [0.2, 0.25) is 0 Å². The van der Waals surface area contributed by atoms with Crippen LogP contribution in [0.5, 0.6) is 0 Å². The lowest BCUT2D eigenvalue weighted by molar-refractivity contribution is 0.156. The molecule has 0 amide bonds. The van der Waals surface area contributed by atoms with Crippen LogP contribution in [0.15, 0.2) is 24.5 Å². The number of aromatic nitrogens is 6. The number of nitrogens with one attached hydrogen (secondary N) is 1. The Bertz CT molecular complexity index is 834. The van der Waals surface area contributed by atoms with Crippen molar-refractivity contribution < 1.29 is 4.74 Å². The van der Waals surface area contributed by atoms with Gasteiger partial charge >= 0.3 is 0 Å². The predicted octanol–water partition coefficient (Wildman–Crippen LogP) is 2.14. The summed E-state index contributed by atoms with van der Waals surface area (Å²) in [6, 6.07) is 4.26. The van der Waals surface area contributed by atoms with Crippen molar-refractivity contribution in [2.45, 2.75) is 31.7 Å². The summed E-state index contributed by atoms with van der Waals surface area (Å²) in [5.41, 5.74) is 2.34. The van der Waals surface area contributed by atoms with E-state index in [-0.39, 0.29) is 6.04 Å². The van der Waals surface area contributed by atoms with Gasteiger partial charge in [-0.25, -0.2) is 9.67 Å². The summed E-state index contributed by atoms with van der Waals surface area (Å²) in [4.78, 5) is 9.95. The summed E-state index contributed by atoms with van der Waals surface area (Å²) < 4.78 is 7.09. The highest BCUT2D eigenvalue weighted by Gasteiger charge is 2.26. The molecule has 1 atom stereocenters. The van der Waals surface area contributed by atoms with Crippen LogP contribution in [0.4, 0.5) is 5.95 Å². The van der Waals surface area contributed by atoms with Crippen LogP contribution in [0.1, 0.15) is 37.3 Å². The number of methoxy groups -OCH3 is 1. The molecule has 1 fully saturated rings. The number of rotatable bonds is 5. The quantitative estimate of drug-likeness (QED) is 0.765. The normalized spacial score (nSPS) is 17.3. The SMILES string of the molecule is COCC(C)n1nnnc1N1CCC(c2c[nH]c3ncccc23)CC1. The number of tetrazole rings is 1. The van der Waals surface area contributed by atoms with Gasteiger partial charge in [0.1, 0.15) is 5.65 Å². The van der Waals surface area contributed by atoms with Crippen molar-refractivity contribution >= 4 is 17.0 Å². The Hall–Kier alpha value is -2.48. The maximum atomic E-state index is 5.23. The fourth-order valence-electron chi connectivity index (χ4n) is 3.70. The van der Waals surface area contributed by atoms with Gasteiger partial charge in [-0.05, 0) is 53.8 Å². The van der Waals surface area contributed by atoms with Crippen LogP contribution >= 0.6 is 0 Å². The zero-order valence-corrected chi connectivity index (χ0v) is 14.6. The summed E-state index contributed by atoms with van der Waals surface area (Å²) in [5.74, 6) is 1.37. The van der Waals surface area contributed by atoms with Crippen LogP contribution in [0.25, 0.3) is 11.0 Å². The van der Waals surface area contributed by atoms with Crippen molar-refractivity contribution in [1.29, 1.82) is 0 Å². The summed E-state index contributed by atoms with van der Waals surface area (Å²) >= 11 is 0. The summed E-state index contributed by atoms with van der Waals surface area (Å²) in [5, 5.41) is 13.5. The predicted molar refractivity (Wildman–Crippen MR) is 94.7 cm³/mol. The van der Waals surface area contributed by atoms with Gasteiger partial charge in [-0.3, -0.25) is 0 Å². The van der Waals surface area contributed by atoms with Crippen LogP contribution in [0, 0.1) is 0 Å². The van der Waals surface area contributed by atoms with E-state index in [0.717, 1.165) is 37.5 Å². The third kappa shape index (κ3) is 2.97. The highest BCUT2D eigenvalue weighted by Crippen LogP contribution is 2.33. The molecule has 1 aliphatic rings. The van der Waals surface area contributed by atoms with Crippen molar-refractivity contribution in [3.05, 3.63) is 30.1 Å². The van der Waals surface area contributed by atoms with E-state index in [1.807, 2.05) is 16.9 Å². The van der Waals surface area contributed by atoms with Gasteiger partial charge in [0, 0.05) is 38.0 Å². The van der Waals surface area contributed by atoms with Crippen molar-refractivity contribution in [2.24, 2.45) is 0 Å². The van der Waals surface area contributed by atoms with E-state index in [9.17, 15) is 0 Å². The molecule has 1 aliphatic heterocycles. The summed E-state index contributed by atoms with van der Waals surface area (Å²) in [6.45, 7) is 4.54. The number of aromatic amines is 1. The molecular weight excluding hydrogens is 318 g/mol. The van der Waals surface area contributed by atoms with Crippen LogP contribution < -0.4 is 4.90 Å². The van der Waals surface area contributed by atoms with E-state index in [1.54, 1.807) is 7.11 Å². The standard InChI is InChI=1S/C17H23N7O/c1-12(11-25-2)24-17(20-21-22-24)23-8-5-13(6-9-23)15-10-19-16-14(15)4-3-7-18-16/h3-4,7,10,12-13H,5-6,8-9,11H2,1-2H3,(H,18,19). The van der Waals surface area contributed by atoms with Gasteiger partial charge in [-0.15, -0.1) is 0 Å². The van der Waals surface area contributed by atoms with Crippen LogP contribution in [-0.2, 0) is 4.74 Å². The Kier molecular flexibility index (Phi) is 4.35. The monoisotopic (exact) mass is 341 g/mol. The molecule has 0 saturated carbocycles. The Morgan fingerprint density at radius 1 is 1.36 bits per heavy atom. The smallest absolute Gasteiger partial charge is 0.245 e. The molecule has 4 rings (SSSR count). The van der Waals surface area contributed by atoms with Crippen molar-refractivity contribution in [3.8, 4) is 0 Å². The lowest BCUT2D eigenvalue weighted by Gasteiger charge is -2.32. The number of H-pyrrole nitrogens is 1. The molecule has 1 unspecified atom stereocenters. The first-order valence-corrected chi connectivity index (χ1v) is 8.71. The number of hydrogen-bond donors (Lipinski definition) is 1. The second-order valence-corrected chi connectivity index (χ2v) is 6.63. The number of ether oxygens (including phenoxy) is 1. The molecule has 1 saturated heterocycles. The molecule has 8 heteroatoms. The molecule has 25 heavy (non-hydrogen) atoms. The second-order valence-electron chi connectivity index (χ2n) is 6.63. The maximum absolute atomic E-state index is 5.23. The van der Waals surface area contributed by atoms with E-state index >= 15 is 0 Å². The van der Waals surface area contributed by atoms with Gasteiger partial charge in [-0.1, -0.05) is 5.10 Å². The number of anilines is 1. The minimum absolute atomic E-state index is 0.118. The molecule has 3 aromatic heterocycles. The first-order valence-electron chi connectivity index (χ1n) is 8.71. The third-order valence-electron chi connectivity index (χ3n) is 5.00. The lowest BCUT2D eigenvalue weighted by atomic mass is 9.89. The molecule has 1 N–H and O–H groups in total. The first kappa shape index (κ1) is 16.0. The zero-order valence-electron chi connectivity index (χ0n) is 14.6. The Morgan fingerprint density at radius 2 is 2.20 bits per heavy atom. The number of fused-ring (bicyclic) bond motifs is 1. The van der Waals surface area contributed by atoms with E-state index in [4.69, 9.17) is 4.74 Å². The number of hydrogen-bond acceptors (Lipinski definition) is 6. The van der Waals surface area contributed by atoms with Gasteiger partial charge in [0.15, 0.2) is 0 Å². The van der Waals surface area contributed by atoms with Crippen molar-refractivity contribution in [2.75, 3.05) is 31.7 Å². The molecule has 4 heterocycles. The van der Waals surface area contributed by atoms with Crippen LogP contribution in [0.3, 0.4) is 0 Å². The van der Waals surface area contributed by atoms with Gasteiger partial charge in [-0.2, -0.15) is 0 Å². The number of nitrogens with zero attached hydrogens (tertiary/aromatic N) is 6. The Labute approximate surface area is 146 Å². The highest BCUT2D eigenvalue weighted by molar-refractivity contribution is 5.80.